The molecule has 0 bridgehead atoms. The van der Waals surface area contributed by atoms with Crippen LogP contribution >= 0.6 is 22.6 Å². The summed E-state index contributed by atoms with van der Waals surface area (Å²) in [4.78, 5) is 13.0. The largest absolute Gasteiger partial charge is 0.481 e. The van der Waals surface area contributed by atoms with Gasteiger partial charge < -0.3 is 5.11 Å². The van der Waals surface area contributed by atoms with E-state index in [0.29, 0.717) is 6.54 Å². The zero-order chi connectivity index (χ0) is 11.5. The van der Waals surface area contributed by atoms with Crippen LogP contribution in [-0.2, 0) is 11.3 Å². The van der Waals surface area contributed by atoms with E-state index in [4.69, 9.17) is 5.11 Å². The van der Waals surface area contributed by atoms with Crippen LogP contribution in [0.15, 0.2) is 24.3 Å². The van der Waals surface area contributed by atoms with Crippen molar-refractivity contribution >= 4 is 28.6 Å². The molecule has 1 unspecified atom stereocenters. The van der Waals surface area contributed by atoms with E-state index in [9.17, 15) is 4.79 Å². The van der Waals surface area contributed by atoms with Crippen LogP contribution in [0, 0.1) is 9.49 Å². The summed E-state index contributed by atoms with van der Waals surface area (Å²) in [6.07, 6.45) is 0.777. The molecule has 1 N–H and O–H groups in total. The Bertz CT molecular complexity index is 394. The van der Waals surface area contributed by atoms with Crippen molar-refractivity contribution in [2.24, 2.45) is 5.92 Å². The Hall–Kier alpha value is -0.620. The number of carboxylic acid groups (broad SMARTS) is 1. The third-order valence-electron chi connectivity index (χ3n) is 2.92. The molecule has 3 nitrogen and oxygen atoms in total. The van der Waals surface area contributed by atoms with Crippen LogP contribution in [0.25, 0.3) is 0 Å². The summed E-state index contributed by atoms with van der Waals surface area (Å²) in [5.41, 5.74) is 1.26. The number of carbonyl (C=O) groups is 1. The van der Waals surface area contributed by atoms with Gasteiger partial charge in [-0.2, -0.15) is 0 Å². The Morgan fingerprint density at radius 2 is 2.38 bits per heavy atom. The van der Waals surface area contributed by atoms with E-state index in [1.807, 2.05) is 6.07 Å². The van der Waals surface area contributed by atoms with Crippen LogP contribution in [-0.4, -0.2) is 29.1 Å². The summed E-state index contributed by atoms with van der Waals surface area (Å²) >= 11 is 2.29. The van der Waals surface area contributed by atoms with Gasteiger partial charge in [0.05, 0.1) is 5.92 Å². The van der Waals surface area contributed by atoms with Gasteiger partial charge in [-0.25, -0.2) is 0 Å². The van der Waals surface area contributed by atoms with Crippen LogP contribution in [0.2, 0.25) is 0 Å². The van der Waals surface area contributed by atoms with Crippen molar-refractivity contribution in [3.63, 3.8) is 0 Å². The van der Waals surface area contributed by atoms with Gasteiger partial charge in [0.2, 0.25) is 0 Å². The molecule has 1 aliphatic rings. The number of rotatable bonds is 3. The van der Waals surface area contributed by atoms with Gasteiger partial charge in [-0.3, -0.25) is 9.69 Å². The summed E-state index contributed by atoms with van der Waals surface area (Å²) in [5, 5.41) is 8.91. The summed E-state index contributed by atoms with van der Waals surface area (Å²) in [6.45, 7) is 2.43. The van der Waals surface area contributed by atoms with Gasteiger partial charge in [0, 0.05) is 16.7 Å². The Morgan fingerprint density at radius 3 is 3.00 bits per heavy atom. The van der Waals surface area contributed by atoms with Crippen LogP contribution < -0.4 is 0 Å². The van der Waals surface area contributed by atoms with Gasteiger partial charge >= 0.3 is 5.97 Å². The second-order valence-corrected chi connectivity index (χ2v) is 5.43. The lowest BCUT2D eigenvalue weighted by atomic mass is 10.1. The van der Waals surface area contributed by atoms with E-state index < -0.39 is 5.97 Å². The van der Waals surface area contributed by atoms with E-state index in [0.717, 1.165) is 19.5 Å². The monoisotopic (exact) mass is 331 g/mol. The third kappa shape index (κ3) is 2.95. The number of halogens is 1. The molecule has 0 radical (unpaired) electrons. The fraction of sp³-hybridized carbons (Fsp3) is 0.417. The number of likely N-dealkylation sites (tertiary alicyclic amines) is 1. The van der Waals surface area contributed by atoms with E-state index in [1.165, 1.54) is 9.13 Å². The first-order valence-electron chi connectivity index (χ1n) is 5.35. The second-order valence-electron chi connectivity index (χ2n) is 4.19. The predicted octanol–water partition coefficient (Wildman–Crippen LogP) is 2.20. The summed E-state index contributed by atoms with van der Waals surface area (Å²) in [5.74, 6) is -0.840. The van der Waals surface area contributed by atoms with Crippen molar-refractivity contribution in [3.05, 3.63) is 33.4 Å². The molecule has 4 heteroatoms. The first-order valence-corrected chi connectivity index (χ1v) is 6.42. The smallest absolute Gasteiger partial charge is 0.307 e. The highest BCUT2D eigenvalue weighted by Gasteiger charge is 2.27. The van der Waals surface area contributed by atoms with Crippen molar-refractivity contribution < 1.29 is 9.90 Å². The highest BCUT2D eigenvalue weighted by atomic mass is 127. The highest BCUT2D eigenvalue weighted by Crippen LogP contribution is 2.19. The summed E-state index contributed by atoms with van der Waals surface area (Å²) in [7, 11) is 0. The molecular formula is C12H14INO2. The lowest BCUT2D eigenvalue weighted by Crippen LogP contribution is -2.22. The SMILES string of the molecule is O=C(O)C1CCN(Cc2cccc(I)c2)C1. The lowest BCUT2D eigenvalue weighted by Gasteiger charge is -2.15. The molecule has 16 heavy (non-hydrogen) atoms. The Morgan fingerprint density at radius 1 is 1.56 bits per heavy atom. The average molecular weight is 331 g/mol. The van der Waals surface area contributed by atoms with Crippen molar-refractivity contribution in [1.29, 1.82) is 0 Å². The molecule has 1 atom stereocenters. The fourth-order valence-corrected chi connectivity index (χ4v) is 2.68. The molecular weight excluding hydrogens is 317 g/mol. The number of aliphatic carboxylic acids is 1. The average Bonchev–Trinajstić information content (AvgIpc) is 2.66. The molecule has 1 heterocycles. The Labute approximate surface area is 109 Å². The van der Waals surface area contributed by atoms with Crippen LogP contribution in [0.4, 0.5) is 0 Å². The lowest BCUT2D eigenvalue weighted by molar-refractivity contribution is -0.141. The number of hydrogen-bond donors (Lipinski definition) is 1. The topological polar surface area (TPSA) is 40.5 Å². The minimum Gasteiger partial charge on any atom is -0.481 e. The molecule has 0 aliphatic carbocycles. The Kier molecular flexibility index (Phi) is 3.81. The molecule has 1 aromatic carbocycles. The minimum atomic E-state index is -0.662. The van der Waals surface area contributed by atoms with Crippen molar-refractivity contribution in [2.75, 3.05) is 13.1 Å². The van der Waals surface area contributed by atoms with Gasteiger partial charge in [0.1, 0.15) is 0 Å². The second kappa shape index (κ2) is 5.14. The van der Waals surface area contributed by atoms with E-state index in [-0.39, 0.29) is 5.92 Å². The van der Waals surface area contributed by atoms with Gasteiger partial charge in [0.15, 0.2) is 0 Å². The standard InChI is InChI=1S/C12H14INO2/c13-11-3-1-2-9(6-11)7-14-5-4-10(8-14)12(15)16/h1-3,6,10H,4-5,7-8H2,(H,15,16). The van der Waals surface area contributed by atoms with Gasteiger partial charge in [-0.15, -0.1) is 0 Å². The van der Waals surface area contributed by atoms with Crippen LogP contribution in [0.3, 0.4) is 0 Å². The number of carboxylic acids is 1. The normalized spacial score (nSPS) is 21.2. The van der Waals surface area contributed by atoms with Gasteiger partial charge in [-0.1, -0.05) is 12.1 Å². The number of nitrogens with zero attached hydrogens (tertiary/aromatic N) is 1. The van der Waals surface area contributed by atoms with Crippen molar-refractivity contribution in [3.8, 4) is 0 Å². The number of hydrogen-bond acceptors (Lipinski definition) is 2. The van der Waals surface area contributed by atoms with E-state index >= 15 is 0 Å². The number of benzene rings is 1. The summed E-state index contributed by atoms with van der Waals surface area (Å²) < 4.78 is 1.23. The summed E-state index contributed by atoms with van der Waals surface area (Å²) in [6, 6.07) is 8.35. The molecule has 1 aliphatic heterocycles. The maximum atomic E-state index is 10.8. The molecule has 1 saturated heterocycles. The van der Waals surface area contributed by atoms with Crippen LogP contribution in [0.1, 0.15) is 12.0 Å². The quantitative estimate of drug-likeness (QED) is 0.864. The van der Waals surface area contributed by atoms with Crippen molar-refractivity contribution in [1.82, 2.24) is 4.90 Å². The van der Waals surface area contributed by atoms with Gasteiger partial charge in [0.25, 0.3) is 0 Å². The molecule has 86 valence electrons. The first-order chi connectivity index (χ1) is 7.65. The van der Waals surface area contributed by atoms with E-state index in [2.05, 4.69) is 45.7 Å². The van der Waals surface area contributed by atoms with Crippen molar-refractivity contribution in [2.45, 2.75) is 13.0 Å². The fourth-order valence-electron chi connectivity index (χ4n) is 2.07. The Balaban J connectivity index is 1.94. The predicted molar refractivity (Wildman–Crippen MR) is 70.2 cm³/mol. The van der Waals surface area contributed by atoms with Crippen LogP contribution in [0.5, 0.6) is 0 Å². The zero-order valence-electron chi connectivity index (χ0n) is 8.90. The molecule has 1 fully saturated rings. The van der Waals surface area contributed by atoms with E-state index in [1.54, 1.807) is 0 Å². The highest BCUT2D eigenvalue weighted by molar-refractivity contribution is 14.1. The molecule has 0 saturated carbocycles. The third-order valence-corrected chi connectivity index (χ3v) is 3.59. The molecule has 0 aromatic heterocycles. The van der Waals surface area contributed by atoms with Gasteiger partial charge in [-0.05, 0) is 53.3 Å². The zero-order valence-corrected chi connectivity index (χ0v) is 11.1. The maximum absolute atomic E-state index is 10.8. The maximum Gasteiger partial charge on any atom is 0.307 e. The molecule has 0 amide bonds. The minimum absolute atomic E-state index is 0.178. The molecule has 0 spiro atoms. The molecule has 2 rings (SSSR count). The molecule has 1 aromatic rings. The first kappa shape index (κ1) is 11.9.